The molecule has 1 aromatic carbocycles. The Hall–Kier alpha value is -2.31. The highest BCUT2D eigenvalue weighted by Crippen LogP contribution is 2.37. The van der Waals surface area contributed by atoms with Gasteiger partial charge >= 0.3 is 0 Å². The Morgan fingerprint density at radius 3 is 2.75 bits per heavy atom. The predicted octanol–water partition coefficient (Wildman–Crippen LogP) is 3.25. The molecule has 3 aromatic rings. The van der Waals surface area contributed by atoms with Crippen molar-refractivity contribution in [2.24, 2.45) is 0 Å². The number of halogens is 1. The molecule has 0 aliphatic carbocycles. The molecule has 0 aliphatic heterocycles. The van der Waals surface area contributed by atoms with E-state index < -0.39 is 0 Å². The molecule has 6 nitrogen and oxygen atoms in total. The molecule has 0 spiro atoms. The van der Waals surface area contributed by atoms with Crippen LogP contribution in [0.25, 0.3) is 5.65 Å². The molecule has 3 rings (SSSR count). The minimum absolute atomic E-state index is 0.00608. The van der Waals surface area contributed by atoms with E-state index in [4.69, 9.17) is 21.1 Å². The molecule has 0 saturated heterocycles. The number of hydrogen-bond acceptors (Lipinski definition) is 5. The molecule has 1 N–H and O–H groups in total. The summed E-state index contributed by atoms with van der Waals surface area (Å²) in [4.78, 5) is 0. The van der Waals surface area contributed by atoms with Crippen molar-refractivity contribution >= 4 is 17.2 Å². The Balaban J connectivity index is 1.78. The summed E-state index contributed by atoms with van der Waals surface area (Å²) >= 11 is 6.42. The van der Waals surface area contributed by atoms with Crippen molar-refractivity contribution in [1.29, 1.82) is 0 Å². The fraction of sp³-hybridized carbons (Fsp3) is 0.294. The van der Waals surface area contributed by atoms with Crippen LogP contribution in [0.2, 0.25) is 5.02 Å². The van der Waals surface area contributed by atoms with Gasteiger partial charge < -0.3 is 14.8 Å². The number of ether oxygens (including phenoxy) is 2. The summed E-state index contributed by atoms with van der Waals surface area (Å²) < 4.78 is 12.6. The van der Waals surface area contributed by atoms with E-state index in [1.807, 2.05) is 47.9 Å². The minimum Gasteiger partial charge on any atom is -0.493 e. The third-order valence-electron chi connectivity index (χ3n) is 3.89. The lowest BCUT2D eigenvalue weighted by Crippen LogP contribution is -2.20. The highest BCUT2D eigenvalue weighted by Gasteiger charge is 2.16. The first-order chi connectivity index (χ1) is 11.7. The van der Waals surface area contributed by atoms with Crippen LogP contribution in [0.5, 0.6) is 11.5 Å². The Bertz CT molecular complexity index is 850. The van der Waals surface area contributed by atoms with Gasteiger partial charge in [0.2, 0.25) is 0 Å². The van der Waals surface area contributed by atoms with Gasteiger partial charge in [0.1, 0.15) is 0 Å². The van der Waals surface area contributed by atoms with Crippen LogP contribution in [0, 0.1) is 0 Å². The van der Waals surface area contributed by atoms with E-state index in [9.17, 15) is 0 Å². The number of aromatic nitrogens is 3. The summed E-state index contributed by atoms with van der Waals surface area (Å²) in [6.45, 7) is 2.61. The van der Waals surface area contributed by atoms with Gasteiger partial charge in [-0.2, -0.15) is 0 Å². The lowest BCUT2D eigenvalue weighted by Gasteiger charge is -2.16. The van der Waals surface area contributed by atoms with Gasteiger partial charge in [-0.1, -0.05) is 23.7 Å². The lowest BCUT2D eigenvalue weighted by molar-refractivity contribution is 0.354. The van der Waals surface area contributed by atoms with E-state index in [0.717, 1.165) is 17.0 Å². The standard InChI is InChI=1S/C17H19ClN4O2/c1-11(17-21-20-14-6-4-5-9-22(14)17)19-10-12-7-8-13(23-2)16(24-3)15(12)18/h4-9,11,19H,10H2,1-3H3. The molecule has 7 heteroatoms. The van der Waals surface area contributed by atoms with Crippen LogP contribution < -0.4 is 14.8 Å². The summed E-state index contributed by atoms with van der Waals surface area (Å²) in [5.74, 6) is 2.00. The van der Waals surface area contributed by atoms with Gasteiger partial charge in [0.05, 0.1) is 25.3 Å². The molecule has 1 atom stereocenters. The van der Waals surface area contributed by atoms with Crippen molar-refractivity contribution in [1.82, 2.24) is 19.9 Å². The molecule has 0 radical (unpaired) electrons. The molecule has 0 fully saturated rings. The number of rotatable bonds is 6. The summed E-state index contributed by atoms with van der Waals surface area (Å²) in [6.07, 6.45) is 1.95. The Labute approximate surface area is 145 Å². The normalized spacial score (nSPS) is 12.3. The number of benzene rings is 1. The topological polar surface area (TPSA) is 60.7 Å². The molecule has 2 aromatic heterocycles. The number of fused-ring (bicyclic) bond motifs is 1. The van der Waals surface area contributed by atoms with Crippen molar-refractivity contribution in [3.63, 3.8) is 0 Å². The number of hydrogen-bond donors (Lipinski definition) is 1. The maximum Gasteiger partial charge on any atom is 0.179 e. The van der Waals surface area contributed by atoms with E-state index in [-0.39, 0.29) is 6.04 Å². The Morgan fingerprint density at radius 1 is 1.17 bits per heavy atom. The second-order valence-electron chi connectivity index (χ2n) is 5.36. The van der Waals surface area contributed by atoms with Gasteiger partial charge in [-0.25, -0.2) is 0 Å². The second-order valence-corrected chi connectivity index (χ2v) is 5.74. The minimum atomic E-state index is 0.00608. The molecular weight excluding hydrogens is 328 g/mol. The van der Waals surface area contributed by atoms with Crippen molar-refractivity contribution in [2.45, 2.75) is 19.5 Å². The van der Waals surface area contributed by atoms with Crippen molar-refractivity contribution in [3.8, 4) is 11.5 Å². The van der Waals surface area contributed by atoms with Crippen molar-refractivity contribution in [3.05, 3.63) is 52.9 Å². The van der Waals surface area contributed by atoms with E-state index in [1.165, 1.54) is 0 Å². The maximum atomic E-state index is 6.42. The van der Waals surface area contributed by atoms with Gasteiger partial charge in [-0.05, 0) is 30.7 Å². The first-order valence-electron chi connectivity index (χ1n) is 7.58. The van der Waals surface area contributed by atoms with Crippen LogP contribution in [0.4, 0.5) is 0 Å². The van der Waals surface area contributed by atoms with Crippen LogP contribution in [0.3, 0.4) is 0 Å². The number of methoxy groups -OCH3 is 2. The zero-order chi connectivity index (χ0) is 17.1. The molecule has 2 heterocycles. The zero-order valence-electron chi connectivity index (χ0n) is 13.8. The van der Waals surface area contributed by atoms with Crippen LogP contribution in [-0.2, 0) is 6.54 Å². The van der Waals surface area contributed by atoms with Gasteiger partial charge in [0.15, 0.2) is 23.0 Å². The fourth-order valence-electron chi connectivity index (χ4n) is 2.58. The summed E-state index contributed by atoms with van der Waals surface area (Å²) in [7, 11) is 3.16. The molecule has 126 valence electrons. The van der Waals surface area contributed by atoms with E-state index in [2.05, 4.69) is 15.5 Å². The van der Waals surface area contributed by atoms with Gasteiger partial charge in [0.25, 0.3) is 0 Å². The zero-order valence-corrected chi connectivity index (χ0v) is 14.5. The average molecular weight is 347 g/mol. The molecule has 0 amide bonds. The Kier molecular flexibility index (Phi) is 4.87. The van der Waals surface area contributed by atoms with Crippen molar-refractivity contribution < 1.29 is 9.47 Å². The van der Waals surface area contributed by atoms with Gasteiger partial charge in [-0.15, -0.1) is 10.2 Å². The highest BCUT2D eigenvalue weighted by atomic mass is 35.5. The Morgan fingerprint density at radius 2 is 2.00 bits per heavy atom. The highest BCUT2D eigenvalue weighted by molar-refractivity contribution is 6.33. The first-order valence-corrected chi connectivity index (χ1v) is 7.96. The number of nitrogens with zero attached hydrogens (tertiary/aromatic N) is 3. The SMILES string of the molecule is COc1ccc(CNC(C)c2nnc3ccccn23)c(Cl)c1OC. The first kappa shape index (κ1) is 16.5. The quantitative estimate of drug-likeness (QED) is 0.742. The van der Waals surface area contributed by atoms with E-state index >= 15 is 0 Å². The molecule has 0 saturated carbocycles. The van der Waals surface area contributed by atoms with Gasteiger partial charge in [-0.3, -0.25) is 4.40 Å². The van der Waals surface area contributed by atoms with Crippen LogP contribution in [-0.4, -0.2) is 28.8 Å². The molecule has 0 aliphatic rings. The fourth-order valence-corrected chi connectivity index (χ4v) is 2.88. The molecule has 1 unspecified atom stereocenters. The summed E-state index contributed by atoms with van der Waals surface area (Å²) in [5, 5.41) is 12.4. The number of nitrogens with one attached hydrogen (secondary N) is 1. The largest absolute Gasteiger partial charge is 0.493 e. The third-order valence-corrected chi connectivity index (χ3v) is 4.31. The maximum absolute atomic E-state index is 6.42. The van der Waals surface area contributed by atoms with Crippen molar-refractivity contribution in [2.75, 3.05) is 14.2 Å². The van der Waals surface area contributed by atoms with Crippen LogP contribution in [0.15, 0.2) is 36.5 Å². The van der Waals surface area contributed by atoms with E-state index in [0.29, 0.717) is 23.1 Å². The second kappa shape index (κ2) is 7.07. The summed E-state index contributed by atoms with van der Waals surface area (Å²) in [6, 6.07) is 9.60. The average Bonchev–Trinajstić information content (AvgIpc) is 3.04. The van der Waals surface area contributed by atoms with Crippen LogP contribution in [0.1, 0.15) is 24.4 Å². The van der Waals surface area contributed by atoms with Crippen LogP contribution >= 0.6 is 11.6 Å². The predicted molar refractivity (Wildman–Crippen MR) is 92.8 cm³/mol. The smallest absolute Gasteiger partial charge is 0.179 e. The number of pyridine rings is 1. The van der Waals surface area contributed by atoms with Gasteiger partial charge in [0, 0.05) is 12.7 Å². The molecule has 24 heavy (non-hydrogen) atoms. The third kappa shape index (κ3) is 3.02. The lowest BCUT2D eigenvalue weighted by atomic mass is 10.2. The summed E-state index contributed by atoms with van der Waals surface area (Å²) in [5.41, 5.74) is 1.75. The monoisotopic (exact) mass is 346 g/mol. The molecular formula is C17H19ClN4O2. The van der Waals surface area contributed by atoms with E-state index in [1.54, 1.807) is 14.2 Å². The molecule has 0 bridgehead atoms.